The number of para-hydroxylation sites is 1. The van der Waals surface area contributed by atoms with Gasteiger partial charge in [0.05, 0.1) is 8.07 Å². The molecule has 0 saturated carbocycles. The smallest absolute Gasteiger partial charge is 0.135 e. The summed E-state index contributed by atoms with van der Waals surface area (Å²) in [6, 6.07) is 30.4. The summed E-state index contributed by atoms with van der Waals surface area (Å²) in [5.74, 6) is 0. The molecule has 3 aromatic carbocycles. The number of hydrogen-bond acceptors (Lipinski definition) is 3. The van der Waals surface area contributed by atoms with E-state index in [9.17, 15) is 0 Å². The minimum atomic E-state index is -2.18. The average molecular weight is 697 g/mol. The molecule has 0 fully saturated rings. The van der Waals surface area contributed by atoms with Crippen LogP contribution in [0.5, 0.6) is 0 Å². The zero-order valence-electron chi connectivity index (χ0n) is 27.3. The molecular weight excluding hydrogens is 661 g/mol. The zero-order chi connectivity index (χ0) is 31.0. The molecule has 3 nitrogen and oxygen atoms in total. The third-order valence-corrected chi connectivity index (χ3v) is 7.90. The van der Waals surface area contributed by atoms with Gasteiger partial charge >= 0.3 is 0 Å². The molecule has 0 amide bonds. The third-order valence-electron chi connectivity index (χ3n) is 5.99. The van der Waals surface area contributed by atoms with E-state index in [1.54, 1.807) is 12.1 Å². The van der Waals surface area contributed by atoms with E-state index in [1.807, 2.05) is 30.5 Å². The van der Waals surface area contributed by atoms with E-state index in [2.05, 4.69) is 66.0 Å². The fourth-order valence-corrected chi connectivity index (χ4v) is 5.07. The number of rotatable bonds is 3. The summed E-state index contributed by atoms with van der Waals surface area (Å²) in [6.07, 6.45) is 3.21. The minimum Gasteiger partial charge on any atom is -0.457 e. The predicted octanol–water partition coefficient (Wildman–Crippen LogP) is 8.16. The molecule has 6 aromatic rings. The normalized spacial score (nSPS) is 14.1. The molecule has 0 N–H and O–H groups in total. The zero-order valence-corrected chi connectivity index (χ0v) is 24.7. The monoisotopic (exact) mass is 697 g/mol. The number of aromatic nitrogens is 2. The number of aryl methyl sites for hydroxylation is 2. The van der Waals surface area contributed by atoms with Gasteiger partial charge in [0.15, 0.2) is 0 Å². The van der Waals surface area contributed by atoms with Crippen molar-refractivity contribution in [1.82, 2.24) is 9.97 Å². The Morgan fingerprint density at radius 2 is 1.53 bits per heavy atom. The Balaban J connectivity index is 0.000000199. The molecule has 5 heteroatoms. The summed E-state index contributed by atoms with van der Waals surface area (Å²) in [4.78, 5) is 8.72. The maximum atomic E-state index is 7.28. The van der Waals surface area contributed by atoms with Crippen LogP contribution in [0.15, 0.2) is 95.7 Å². The molecule has 0 spiro atoms. The van der Waals surface area contributed by atoms with Crippen molar-refractivity contribution in [2.24, 2.45) is 0 Å². The summed E-state index contributed by atoms with van der Waals surface area (Å²) in [7, 11) is -1.38. The van der Waals surface area contributed by atoms with Crippen LogP contribution >= 0.6 is 0 Å². The molecule has 0 saturated heterocycles. The van der Waals surface area contributed by atoms with Gasteiger partial charge in [-0.05, 0) is 35.9 Å². The van der Waals surface area contributed by atoms with E-state index < -0.39 is 21.8 Å². The molecule has 0 atom stereocenters. The van der Waals surface area contributed by atoms with E-state index in [0.29, 0.717) is 11.3 Å². The van der Waals surface area contributed by atoms with Crippen molar-refractivity contribution in [1.29, 1.82) is 0 Å². The summed E-state index contributed by atoms with van der Waals surface area (Å²) in [6.45, 7) is 2.66. The molecule has 0 unspecified atom stereocenters. The van der Waals surface area contributed by atoms with Crippen LogP contribution < -0.4 is 5.19 Å². The molecule has 1 radical (unpaired) electrons. The first-order chi connectivity index (χ1) is 20.2. The Morgan fingerprint density at radius 1 is 0.737 bits per heavy atom. The Morgan fingerprint density at radius 3 is 2.24 bits per heavy atom. The number of pyridine rings is 2. The van der Waals surface area contributed by atoms with Crippen molar-refractivity contribution in [3.8, 4) is 22.5 Å². The van der Waals surface area contributed by atoms with Crippen molar-refractivity contribution < 1.29 is 32.7 Å². The van der Waals surface area contributed by atoms with Crippen LogP contribution in [0.1, 0.15) is 19.4 Å². The molecule has 0 bridgehead atoms. The first-order valence-electron chi connectivity index (χ1n) is 15.0. The minimum absolute atomic E-state index is 0. The summed E-state index contributed by atoms with van der Waals surface area (Å²) in [5.41, 5.74) is 5.28. The topological polar surface area (TPSA) is 38.9 Å². The van der Waals surface area contributed by atoms with E-state index in [0.717, 1.165) is 33.2 Å². The average Bonchev–Trinajstić information content (AvgIpc) is 3.34. The molecule has 0 aliphatic carbocycles. The summed E-state index contributed by atoms with van der Waals surface area (Å²) in [5, 5.41) is 3.49. The van der Waals surface area contributed by atoms with Crippen LogP contribution in [-0.4, -0.2) is 18.0 Å². The molecule has 6 rings (SSSR count). The van der Waals surface area contributed by atoms with Gasteiger partial charge in [-0.1, -0.05) is 56.8 Å². The second-order valence-electron chi connectivity index (χ2n) is 9.82. The number of nitrogens with zero attached hydrogens (tertiary/aromatic N) is 2. The van der Waals surface area contributed by atoms with Gasteiger partial charge in [-0.2, -0.15) is 0 Å². The number of benzene rings is 3. The first kappa shape index (κ1) is 20.6. The number of hydrogen-bond donors (Lipinski definition) is 0. The van der Waals surface area contributed by atoms with Crippen LogP contribution in [0.2, 0.25) is 19.6 Å². The maximum absolute atomic E-state index is 7.28. The fourth-order valence-electron chi connectivity index (χ4n) is 3.96. The van der Waals surface area contributed by atoms with Gasteiger partial charge in [0, 0.05) is 51.5 Å². The maximum Gasteiger partial charge on any atom is 0.135 e. The molecular formula is C33H30IrN2OSi-2. The SMILES string of the molecule is C[Si](C)(C)c1[c-]c(-c2cc3oc4ccccc4c3cn2)ccc1.[2H]C([2H])([2H])c1c[c-]c(-c2ccc(C([2H])([2H])[2H])cn2)cc1.[Ir]. The Labute approximate surface area is 247 Å². The molecule has 0 aliphatic heterocycles. The van der Waals surface area contributed by atoms with E-state index >= 15 is 0 Å². The Kier molecular flexibility index (Phi) is 6.26. The molecule has 0 aliphatic rings. The quantitative estimate of drug-likeness (QED) is 0.139. The first-order valence-corrected chi connectivity index (χ1v) is 15.5. The predicted molar refractivity (Wildman–Crippen MR) is 157 cm³/mol. The van der Waals surface area contributed by atoms with Crippen molar-refractivity contribution >= 4 is 35.2 Å². The van der Waals surface area contributed by atoms with E-state index in [4.69, 9.17) is 12.6 Å². The Hall–Kier alpha value is -3.37. The summed E-state index contributed by atoms with van der Waals surface area (Å²) >= 11 is 0. The molecule has 3 heterocycles. The van der Waals surface area contributed by atoms with Gasteiger partial charge in [0.1, 0.15) is 11.2 Å². The van der Waals surface area contributed by atoms with Crippen molar-refractivity contribution in [2.45, 2.75) is 33.3 Å². The van der Waals surface area contributed by atoms with Crippen LogP contribution in [0.3, 0.4) is 0 Å². The number of fused-ring (bicyclic) bond motifs is 3. The van der Waals surface area contributed by atoms with Crippen LogP contribution in [0.4, 0.5) is 0 Å². The number of furan rings is 1. The van der Waals surface area contributed by atoms with Gasteiger partial charge in [0.2, 0.25) is 0 Å². The van der Waals surface area contributed by atoms with Crippen molar-refractivity contribution in [3.05, 3.63) is 115 Å². The molecule has 38 heavy (non-hydrogen) atoms. The van der Waals surface area contributed by atoms with Crippen molar-refractivity contribution in [2.75, 3.05) is 0 Å². The van der Waals surface area contributed by atoms with E-state index in [-0.39, 0.29) is 31.2 Å². The fraction of sp³-hybridized carbons (Fsp3) is 0.152. The van der Waals surface area contributed by atoms with Crippen LogP contribution in [-0.2, 0) is 20.1 Å². The molecule has 193 valence electrons. The second-order valence-corrected chi connectivity index (χ2v) is 14.9. The van der Waals surface area contributed by atoms with E-state index in [1.165, 1.54) is 29.6 Å². The van der Waals surface area contributed by atoms with Gasteiger partial charge in [-0.25, -0.2) is 0 Å². The summed E-state index contributed by atoms with van der Waals surface area (Å²) < 4.78 is 49.6. The standard InChI is InChI=1S/C20H18NOSi.C13H12N.Ir/c1-23(2,3)15-8-6-7-14(11-15)18-12-20-17(13-21-18)16-9-4-5-10-19(16)22-20;1-10-3-6-12(7-4-10)13-8-5-11(2)9-14-13;/h4-10,12-13H,1-3H3;3-6,8-9H,1-2H3;/q2*-1;/i;1D3,2D3;. The van der Waals surface area contributed by atoms with Crippen molar-refractivity contribution in [3.63, 3.8) is 0 Å². The van der Waals surface area contributed by atoms with Gasteiger partial charge < -0.3 is 14.4 Å². The van der Waals surface area contributed by atoms with Crippen LogP contribution in [0, 0.1) is 25.8 Å². The van der Waals surface area contributed by atoms with Gasteiger partial charge in [0.25, 0.3) is 0 Å². The third kappa shape index (κ3) is 6.19. The van der Waals surface area contributed by atoms with Crippen LogP contribution in [0.25, 0.3) is 44.5 Å². The largest absolute Gasteiger partial charge is 0.457 e. The Bertz CT molecular complexity index is 1820. The van der Waals surface area contributed by atoms with Gasteiger partial charge in [-0.15, -0.1) is 70.4 Å². The van der Waals surface area contributed by atoms with Gasteiger partial charge in [-0.3, -0.25) is 0 Å². The molecule has 3 aromatic heterocycles. The second kappa shape index (κ2) is 11.6.